The fourth-order valence-corrected chi connectivity index (χ4v) is 3.93. The molecule has 0 bridgehead atoms. The van der Waals surface area contributed by atoms with Gasteiger partial charge in [-0.15, -0.1) is 10.2 Å². The smallest absolute Gasteiger partial charge is 0.259 e. The van der Waals surface area contributed by atoms with Crippen molar-refractivity contribution in [3.8, 4) is 11.1 Å². The molecule has 4 aromatic rings. The molecule has 0 radical (unpaired) electrons. The Labute approximate surface area is 192 Å². The van der Waals surface area contributed by atoms with Crippen LogP contribution in [0, 0.1) is 6.92 Å². The number of fused-ring (bicyclic) bond motifs is 1. The largest absolute Gasteiger partial charge is 0.394 e. The van der Waals surface area contributed by atoms with Crippen molar-refractivity contribution in [1.29, 1.82) is 0 Å². The molecule has 1 atom stereocenters. The van der Waals surface area contributed by atoms with E-state index in [0.717, 1.165) is 27.9 Å². The summed E-state index contributed by atoms with van der Waals surface area (Å²) in [6, 6.07) is 17.7. The number of likely N-dealkylation sites (N-methyl/N-ethyl adjacent to an activating group) is 1. The van der Waals surface area contributed by atoms with Gasteiger partial charge in [0.1, 0.15) is 6.33 Å². The van der Waals surface area contributed by atoms with E-state index in [2.05, 4.69) is 15.5 Å². The van der Waals surface area contributed by atoms with E-state index in [0.29, 0.717) is 24.3 Å². The third kappa shape index (κ3) is 5.09. The van der Waals surface area contributed by atoms with E-state index >= 15 is 0 Å². The summed E-state index contributed by atoms with van der Waals surface area (Å²) in [5.41, 5.74) is 5.57. The third-order valence-electron chi connectivity index (χ3n) is 5.55. The monoisotopic (exact) mass is 445 g/mol. The molecule has 170 valence electrons. The summed E-state index contributed by atoms with van der Waals surface area (Å²) in [5, 5.41) is 29.9. The number of hydrogen-bond donors (Lipinski definition) is 3. The second-order valence-electron chi connectivity index (χ2n) is 8.16. The summed E-state index contributed by atoms with van der Waals surface area (Å²) < 4.78 is 1.72. The minimum atomic E-state index is -0.823. The maximum absolute atomic E-state index is 13.3. The topological polar surface area (TPSA) is 103 Å². The molecule has 0 aliphatic carbocycles. The van der Waals surface area contributed by atoms with Crippen molar-refractivity contribution in [2.75, 3.05) is 25.5 Å². The van der Waals surface area contributed by atoms with Gasteiger partial charge >= 0.3 is 0 Å². The molecule has 2 aromatic carbocycles. The lowest BCUT2D eigenvalue weighted by atomic mass is 9.99. The van der Waals surface area contributed by atoms with E-state index < -0.39 is 6.10 Å². The van der Waals surface area contributed by atoms with Gasteiger partial charge in [0.15, 0.2) is 5.65 Å². The number of rotatable bonds is 8. The molecule has 0 spiro atoms. The lowest BCUT2D eigenvalue weighted by molar-refractivity contribution is 0.0647. The van der Waals surface area contributed by atoms with Crippen LogP contribution in [0.4, 0.5) is 5.69 Å². The van der Waals surface area contributed by atoms with E-state index in [9.17, 15) is 9.90 Å². The summed E-state index contributed by atoms with van der Waals surface area (Å²) in [6.45, 7) is 2.48. The van der Waals surface area contributed by atoms with Crippen molar-refractivity contribution < 1.29 is 15.0 Å². The number of anilines is 1. The number of aliphatic hydroxyl groups is 2. The van der Waals surface area contributed by atoms with Crippen LogP contribution in [0.3, 0.4) is 0 Å². The van der Waals surface area contributed by atoms with E-state index in [1.807, 2.05) is 73.6 Å². The Hall–Kier alpha value is -3.59. The number of carbonyl (C=O) groups is 1. The van der Waals surface area contributed by atoms with Crippen molar-refractivity contribution >= 4 is 17.2 Å². The zero-order chi connectivity index (χ0) is 23.4. The summed E-state index contributed by atoms with van der Waals surface area (Å²) in [4.78, 5) is 15.2. The minimum Gasteiger partial charge on any atom is -0.394 e. The van der Waals surface area contributed by atoms with Gasteiger partial charge in [0.05, 0.1) is 18.3 Å². The Bertz CT molecular complexity index is 1260. The minimum absolute atomic E-state index is 0.277. The molecule has 2 aromatic heterocycles. The molecule has 0 fully saturated rings. The van der Waals surface area contributed by atoms with Crippen LogP contribution in [0.1, 0.15) is 21.5 Å². The summed E-state index contributed by atoms with van der Waals surface area (Å²) >= 11 is 0. The van der Waals surface area contributed by atoms with E-state index in [1.54, 1.807) is 16.8 Å². The van der Waals surface area contributed by atoms with Gasteiger partial charge in [0, 0.05) is 25.0 Å². The van der Waals surface area contributed by atoms with Gasteiger partial charge in [-0.05, 0) is 48.4 Å². The van der Waals surface area contributed by atoms with Crippen molar-refractivity contribution in [1.82, 2.24) is 19.5 Å². The van der Waals surface area contributed by atoms with Crippen LogP contribution in [-0.4, -0.2) is 61.9 Å². The highest BCUT2D eigenvalue weighted by atomic mass is 16.3. The second-order valence-corrected chi connectivity index (χ2v) is 8.16. The Kier molecular flexibility index (Phi) is 6.79. The first kappa shape index (κ1) is 22.6. The first-order chi connectivity index (χ1) is 16.0. The maximum atomic E-state index is 13.3. The lowest BCUT2D eigenvalue weighted by Gasteiger charge is -2.20. The maximum Gasteiger partial charge on any atom is 0.259 e. The van der Waals surface area contributed by atoms with Gasteiger partial charge in [-0.3, -0.25) is 14.1 Å². The first-order valence-electron chi connectivity index (χ1n) is 10.7. The van der Waals surface area contributed by atoms with Crippen LogP contribution >= 0.6 is 0 Å². The molecule has 0 saturated heterocycles. The average Bonchev–Trinajstić information content (AvgIpc) is 3.29. The summed E-state index contributed by atoms with van der Waals surface area (Å²) in [7, 11) is 1.84. The number of nitrogens with one attached hydrogen (secondary N) is 1. The summed E-state index contributed by atoms with van der Waals surface area (Å²) in [5.74, 6) is -0.277. The number of carbonyl (C=O) groups excluding carboxylic acids is 1. The molecule has 0 aliphatic rings. The molecule has 0 saturated carbocycles. The molecule has 0 aliphatic heterocycles. The van der Waals surface area contributed by atoms with Crippen LogP contribution in [0.5, 0.6) is 0 Å². The zero-order valence-corrected chi connectivity index (χ0v) is 18.6. The van der Waals surface area contributed by atoms with Gasteiger partial charge in [-0.2, -0.15) is 0 Å². The predicted octanol–water partition coefficient (Wildman–Crippen LogP) is 2.74. The Balaban J connectivity index is 1.62. The Morgan fingerprint density at radius 2 is 1.97 bits per heavy atom. The van der Waals surface area contributed by atoms with Gasteiger partial charge < -0.3 is 15.5 Å². The third-order valence-corrected chi connectivity index (χ3v) is 5.55. The zero-order valence-electron chi connectivity index (χ0n) is 18.6. The molecule has 8 nitrogen and oxygen atoms in total. The van der Waals surface area contributed by atoms with Crippen LogP contribution in [0.25, 0.3) is 16.8 Å². The second kappa shape index (κ2) is 9.91. The molecule has 33 heavy (non-hydrogen) atoms. The molecular weight excluding hydrogens is 418 g/mol. The number of nitrogens with zero attached hydrogens (tertiary/aromatic N) is 4. The normalized spacial score (nSPS) is 12.3. The highest BCUT2D eigenvalue weighted by Crippen LogP contribution is 2.29. The van der Waals surface area contributed by atoms with Gasteiger partial charge in [-0.1, -0.05) is 42.5 Å². The fraction of sp³-hybridized carbons (Fsp3) is 0.240. The number of benzene rings is 2. The van der Waals surface area contributed by atoms with E-state index in [-0.39, 0.29) is 12.5 Å². The number of hydrogen-bond acceptors (Lipinski definition) is 6. The van der Waals surface area contributed by atoms with E-state index in [1.165, 1.54) is 0 Å². The van der Waals surface area contributed by atoms with Crippen molar-refractivity contribution in [2.45, 2.75) is 19.6 Å². The number of aliphatic hydroxyl groups excluding tert-OH is 2. The lowest BCUT2D eigenvalue weighted by Crippen LogP contribution is -2.31. The van der Waals surface area contributed by atoms with Crippen LogP contribution in [0.2, 0.25) is 0 Å². The Morgan fingerprint density at radius 3 is 2.73 bits per heavy atom. The van der Waals surface area contributed by atoms with Crippen LogP contribution in [-0.2, 0) is 6.54 Å². The van der Waals surface area contributed by atoms with Crippen molar-refractivity contribution in [2.24, 2.45) is 0 Å². The molecule has 1 amide bonds. The van der Waals surface area contributed by atoms with Crippen molar-refractivity contribution in [3.05, 3.63) is 83.8 Å². The highest BCUT2D eigenvalue weighted by Gasteiger charge is 2.17. The van der Waals surface area contributed by atoms with Crippen LogP contribution < -0.4 is 5.32 Å². The molecule has 3 N–H and O–H groups in total. The SMILES string of the molecule is Cc1c(NC(=O)c2cc(CN(C)CC(O)CO)cn3cnnc23)cccc1-c1ccccc1. The number of amides is 1. The standard InChI is InChI=1S/C25H27N5O3/c1-17-21(19-7-4-3-5-8-19)9-6-10-23(17)27-25(33)22-11-18(12-29(2)14-20(32)15-31)13-30-16-26-28-24(22)30/h3-11,13,16,20,31-32H,12,14-15H2,1-2H3,(H,27,33). The quantitative estimate of drug-likeness (QED) is 0.385. The fourth-order valence-electron chi connectivity index (χ4n) is 3.93. The molecule has 2 heterocycles. The molecule has 1 unspecified atom stereocenters. The highest BCUT2D eigenvalue weighted by molar-refractivity contribution is 6.09. The van der Waals surface area contributed by atoms with Gasteiger partial charge in [-0.25, -0.2) is 0 Å². The number of pyridine rings is 1. The van der Waals surface area contributed by atoms with Gasteiger partial charge in [0.2, 0.25) is 0 Å². The first-order valence-corrected chi connectivity index (χ1v) is 10.7. The predicted molar refractivity (Wildman–Crippen MR) is 127 cm³/mol. The Morgan fingerprint density at radius 1 is 1.18 bits per heavy atom. The number of aromatic nitrogens is 3. The van der Waals surface area contributed by atoms with Gasteiger partial charge in [0.25, 0.3) is 5.91 Å². The molecule has 4 rings (SSSR count). The molecule has 8 heteroatoms. The molecular formula is C25H27N5O3. The average molecular weight is 446 g/mol. The summed E-state index contributed by atoms with van der Waals surface area (Å²) in [6.07, 6.45) is 2.59. The van der Waals surface area contributed by atoms with E-state index in [4.69, 9.17) is 5.11 Å². The van der Waals surface area contributed by atoms with Crippen LogP contribution in [0.15, 0.2) is 67.1 Å². The van der Waals surface area contributed by atoms with Crippen molar-refractivity contribution in [3.63, 3.8) is 0 Å².